The highest BCUT2D eigenvalue weighted by Gasteiger charge is 1.96. The molecule has 2 heteroatoms. The lowest BCUT2D eigenvalue weighted by molar-refractivity contribution is 0.210. The number of nitrogens with zero attached hydrogens (tertiary/aromatic N) is 1. The van der Waals surface area contributed by atoms with Gasteiger partial charge in [0.05, 0.1) is 0 Å². The summed E-state index contributed by atoms with van der Waals surface area (Å²) in [6, 6.07) is 0. The predicted molar refractivity (Wildman–Crippen MR) is 28.0 cm³/mol. The van der Waals surface area contributed by atoms with Gasteiger partial charge in [0.2, 0.25) is 0 Å². The van der Waals surface area contributed by atoms with E-state index in [1.165, 1.54) is 0 Å². The number of allylic oxidation sites excluding steroid dienone is 1. The zero-order valence-electron chi connectivity index (χ0n) is 4.05. The second-order valence-electron chi connectivity index (χ2n) is 1.46. The molecule has 0 aliphatic carbocycles. The molecule has 1 heterocycles. The van der Waals surface area contributed by atoms with E-state index in [1.54, 1.807) is 6.21 Å². The van der Waals surface area contributed by atoms with Crippen LogP contribution in [0.2, 0.25) is 0 Å². The molecule has 0 unspecified atom stereocenters. The Labute approximate surface area is 42.5 Å². The van der Waals surface area contributed by atoms with Gasteiger partial charge in [-0.2, -0.15) is 0 Å². The first-order chi connectivity index (χ1) is 3.39. The zero-order valence-corrected chi connectivity index (χ0v) is 4.05. The lowest BCUT2D eigenvalue weighted by atomic mass is 10.3. The topological polar surface area (TPSA) is 21.6 Å². The van der Waals surface area contributed by atoms with E-state index in [4.69, 9.17) is 0 Å². The molecule has 1 aliphatic heterocycles. The fourth-order valence-electron chi connectivity index (χ4n) is 0.436. The average molecular weight is 97.1 g/mol. The Kier molecular flexibility index (Phi) is 1.11. The summed E-state index contributed by atoms with van der Waals surface area (Å²) in [6.07, 6.45) is 3.64. The molecule has 0 aromatic heterocycles. The molecule has 2 nitrogen and oxygen atoms in total. The molecular formula is C5H7NO. The van der Waals surface area contributed by atoms with Gasteiger partial charge in [-0.05, 0) is 6.42 Å². The Morgan fingerprint density at radius 2 is 2.71 bits per heavy atom. The van der Waals surface area contributed by atoms with E-state index in [9.17, 15) is 0 Å². The monoisotopic (exact) mass is 97.1 g/mol. The molecule has 0 aromatic carbocycles. The van der Waals surface area contributed by atoms with Crippen molar-refractivity contribution < 1.29 is 4.84 Å². The Balaban J connectivity index is 2.47. The fraction of sp³-hybridized carbons (Fsp3) is 0.400. The maximum atomic E-state index is 4.65. The van der Waals surface area contributed by atoms with E-state index in [2.05, 4.69) is 16.6 Å². The van der Waals surface area contributed by atoms with Gasteiger partial charge in [-0.1, -0.05) is 11.7 Å². The molecule has 1 rings (SSSR count). The molecule has 0 bridgehead atoms. The van der Waals surface area contributed by atoms with E-state index >= 15 is 0 Å². The minimum atomic E-state index is 0.766. The van der Waals surface area contributed by atoms with Gasteiger partial charge in [-0.15, -0.1) is 0 Å². The van der Waals surface area contributed by atoms with Crippen molar-refractivity contribution in [2.24, 2.45) is 5.16 Å². The van der Waals surface area contributed by atoms with Crippen molar-refractivity contribution in [3.05, 3.63) is 12.3 Å². The normalized spacial score (nSPS) is 19.1. The van der Waals surface area contributed by atoms with Crippen molar-refractivity contribution in [2.75, 3.05) is 0 Å². The Morgan fingerprint density at radius 3 is 3.00 bits per heavy atom. The van der Waals surface area contributed by atoms with Crippen molar-refractivity contribution >= 4 is 6.21 Å². The molecule has 0 fully saturated rings. The summed E-state index contributed by atoms with van der Waals surface area (Å²) < 4.78 is 0. The first-order valence-electron chi connectivity index (χ1n) is 2.26. The molecule has 0 radical (unpaired) electrons. The Morgan fingerprint density at radius 1 is 1.86 bits per heavy atom. The van der Waals surface area contributed by atoms with E-state index in [0.29, 0.717) is 0 Å². The second kappa shape index (κ2) is 1.78. The maximum absolute atomic E-state index is 4.65. The van der Waals surface area contributed by atoms with E-state index in [0.717, 1.165) is 18.6 Å². The molecule has 0 spiro atoms. The van der Waals surface area contributed by atoms with Gasteiger partial charge in [0, 0.05) is 12.6 Å². The highest BCUT2D eigenvalue weighted by molar-refractivity contribution is 5.57. The van der Waals surface area contributed by atoms with Crippen LogP contribution in [0.4, 0.5) is 0 Å². The maximum Gasteiger partial charge on any atom is 0.128 e. The SMILES string of the molecule is C=C1CCC=NO1. The van der Waals surface area contributed by atoms with E-state index < -0.39 is 0 Å². The van der Waals surface area contributed by atoms with Gasteiger partial charge >= 0.3 is 0 Å². The predicted octanol–water partition coefficient (Wildman–Crippen LogP) is 1.30. The summed E-state index contributed by atoms with van der Waals surface area (Å²) in [4.78, 5) is 4.65. The number of rotatable bonds is 0. The van der Waals surface area contributed by atoms with Crippen LogP contribution in [-0.4, -0.2) is 6.21 Å². The molecule has 0 amide bonds. The molecule has 0 saturated carbocycles. The van der Waals surface area contributed by atoms with E-state index in [-0.39, 0.29) is 0 Å². The van der Waals surface area contributed by atoms with Crippen LogP contribution >= 0.6 is 0 Å². The van der Waals surface area contributed by atoms with Crippen LogP contribution in [0, 0.1) is 0 Å². The van der Waals surface area contributed by atoms with Crippen LogP contribution in [-0.2, 0) is 4.84 Å². The number of hydrogen-bond acceptors (Lipinski definition) is 2. The minimum Gasteiger partial charge on any atom is -0.362 e. The third-order valence-electron chi connectivity index (χ3n) is 0.809. The van der Waals surface area contributed by atoms with Gasteiger partial charge in [0.25, 0.3) is 0 Å². The lowest BCUT2D eigenvalue weighted by Gasteiger charge is -2.03. The lowest BCUT2D eigenvalue weighted by Crippen LogP contribution is -1.91. The average Bonchev–Trinajstić information content (AvgIpc) is 1.69. The minimum absolute atomic E-state index is 0.766. The molecule has 0 aromatic rings. The van der Waals surface area contributed by atoms with Crippen LogP contribution in [0.5, 0.6) is 0 Å². The van der Waals surface area contributed by atoms with Crippen molar-refractivity contribution in [1.82, 2.24) is 0 Å². The zero-order chi connectivity index (χ0) is 5.11. The first kappa shape index (κ1) is 4.37. The Hall–Kier alpha value is -0.790. The standard InChI is InChI=1S/C5H7NO/c1-5-3-2-4-6-7-5/h4H,1-3H2. The van der Waals surface area contributed by atoms with Crippen LogP contribution in [0.1, 0.15) is 12.8 Å². The molecule has 0 atom stereocenters. The molecular weight excluding hydrogens is 90.1 g/mol. The molecule has 0 saturated heterocycles. The van der Waals surface area contributed by atoms with Gasteiger partial charge in [-0.3, -0.25) is 0 Å². The molecule has 7 heavy (non-hydrogen) atoms. The van der Waals surface area contributed by atoms with Crippen LogP contribution in [0.25, 0.3) is 0 Å². The molecule has 38 valence electrons. The van der Waals surface area contributed by atoms with Gasteiger partial charge in [0.1, 0.15) is 5.76 Å². The summed E-state index contributed by atoms with van der Waals surface area (Å²) in [5.41, 5.74) is 0. The van der Waals surface area contributed by atoms with Gasteiger partial charge < -0.3 is 4.84 Å². The third kappa shape index (κ3) is 1.03. The summed E-state index contributed by atoms with van der Waals surface area (Å²) in [5.74, 6) is 0.766. The molecule has 1 aliphatic rings. The highest BCUT2D eigenvalue weighted by atomic mass is 16.6. The summed E-state index contributed by atoms with van der Waals surface area (Å²) in [6.45, 7) is 3.58. The number of oxime groups is 1. The van der Waals surface area contributed by atoms with Crippen molar-refractivity contribution in [1.29, 1.82) is 0 Å². The van der Waals surface area contributed by atoms with E-state index in [1.807, 2.05) is 0 Å². The van der Waals surface area contributed by atoms with Crippen LogP contribution in [0.3, 0.4) is 0 Å². The first-order valence-corrected chi connectivity index (χ1v) is 2.26. The third-order valence-corrected chi connectivity index (χ3v) is 0.809. The van der Waals surface area contributed by atoms with Crippen molar-refractivity contribution in [3.8, 4) is 0 Å². The van der Waals surface area contributed by atoms with Gasteiger partial charge in [-0.25, -0.2) is 0 Å². The van der Waals surface area contributed by atoms with Gasteiger partial charge in [0.15, 0.2) is 0 Å². The highest BCUT2D eigenvalue weighted by Crippen LogP contribution is 2.06. The van der Waals surface area contributed by atoms with Crippen LogP contribution < -0.4 is 0 Å². The largest absolute Gasteiger partial charge is 0.362 e. The summed E-state index contributed by atoms with van der Waals surface area (Å²) in [5, 5.41) is 3.53. The Bertz CT molecular complexity index is 107. The summed E-state index contributed by atoms with van der Waals surface area (Å²) in [7, 11) is 0. The smallest absolute Gasteiger partial charge is 0.128 e. The van der Waals surface area contributed by atoms with Crippen LogP contribution in [0.15, 0.2) is 17.5 Å². The quantitative estimate of drug-likeness (QED) is 0.446. The summed E-state index contributed by atoms with van der Waals surface area (Å²) >= 11 is 0. The van der Waals surface area contributed by atoms with Crippen molar-refractivity contribution in [2.45, 2.75) is 12.8 Å². The van der Waals surface area contributed by atoms with Crippen molar-refractivity contribution in [3.63, 3.8) is 0 Å². The second-order valence-corrected chi connectivity index (χ2v) is 1.46. The fourth-order valence-corrected chi connectivity index (χ4v) is 0.436. The molecule has 0 N–H and O–H groups in total. The number of hydrogen-bond donors (Lipinski definition) is 0.